The molecule has 7 heteroatoms. The van der Waals surface area contributed by atoms with E-state index in [-0.39, 0.29) is 5.91 Å². The zero-order valence-corrected chi connectivity index (χ0v) is 12.7. The summed E-state index contributed by atoms with van der Waals surface area (Å²) < 4.78 is 7.04. The number of rotatable bonds is 6. The number of benzene rings is 1. The molecule has 2 N–H and O–H groups in total. The number of amides is 1. The quantitative estimate of drug-likeness (QED) is 0.726. The second-order valence-corrected chi connectivity index (χ2v) is 4.94. The summed E-state index contributed by atoms with van der Waals surface area (Å²) in [5, 5.41) is 9.75. The highest BCUT2D eigenvalue weighted by molar-refractivity contribution is 5.99. The fraction of sp³-hybridized carbons (Fsp3) is 0.188. The minimum atomic E-state index is -0.162. The van der Waals surface area contributed by atoms with Crippen LogP contribution in [0.4, 0.5) is 0 Å². The molecule has 0 aliphatic heterocycles. The molecule has 7 nitrogen and oxygen atoms in total. The average molecular weight is 311 g/mol. The number of nitrogens with one attached hydrogen (secondary N) is 2. The summed E-state index contributed by atoms with van der Waals surface area (Å²) in [4.78, 5) is 16.3. The molecule has 0 bridgehead atoms. The second kappa shape index (κ2) is 6.78. The molecule has 118 valence electrons. The molecule has 0 saturated heterocycles. The lowest BCUT2D eigenvalue weighted by Crippen LogP contribution is -2.27. The van der Waals surface area contributed by atoms with Crippen molar-refractivity contribution >= 4 is 5.91 Å². The molecule has 3 rings (SSSR count). The molecule has 2 aromatic heterocycles. The number of ether oxygens (including phenoxy) is 1. The van der Waals surface area contributed by atoms with E-state index in [4.69, 9.17) is 4.74 Å². The number of carbonyl (C=O) groups excluding carboxylic acids is 1. The van der Waals surface area contributed by atoms with Gasteiger partial charge in [-0.2, -0.15) is 5.10 Å². The molecule has 0 aliphatic rings. The molecule has 23 heavy (non-hydrogen) atoms. The summed E-state index contributed by atoms with van der Waals surface area (Å²) >= 11 is 0. The maximum Gasteiger partial charge on any atom is 0.255 e. The van der Waals surface area contributed by atoms with Crippen LogP contribution in [0.2, 0.25) is 0 Å². The predicted molar refractivity (Wildman–Crippen MR) is 85.1 cm³/mol. The highest BCUT2D eigenvalue weighted by Gasteiger charge is 2.14. The van der Waals surface area contributed by atoms with E-state index < -0.39 is 0 Å². The molecule has 0 fully saturated rings. The van der Waals surface area contributed by atoms with Gasteiger partial charge in [0.15, 0.2) is 0 Å². The van der Waals surface area contributed by atoms with Gasteiger partial charge in [0, 0.05) is 31.0 Å². The van der Waals surface area contributed by atoms with Crippen molar-refractivity contribution in [1.29, 1.82) is 0 Å². The van der Waals surface area contributed by atoms with Crippen LogP contribution in [0.1, 0.15) is 10.4 Å². The van der Waals surface area contributed by atoms with E-state index in [1.165, 1.54) is 6.20 Å². The van der Waals surface area contributed by atoms with Crippen LogP contribution in [0.25, 0.3) is 11.3 Å². The smallest absolute Gasteiger partial charge is 0.255 e. The maximum absolute atomic E-state index is 12.3. The molecule has 3 aromatic rings. The second-order valence-electron chi connectivity index (χ2n) is 4.94. The van der Waals surface area contributed by atoms with E-state index in [0.717, 1.165) is 11.3 Å². The number of methoxy groups -OCH3 is 1. The van der Waals surface area contributed by atoms with E-state index >= 15 is 0 Å². The summed E-state index contributed by atoms with van der Waals surface area (Å²) in [5.41, 5.74) is 2.08. The summed E-state index contributed by atoms with van der Waals surface area (Å²) in [6, 6.07) is 7.46. The molecular weight excluding hydrogens is 294 g/mol. The Bertz CT molecular complexity index is 762. The van der Waals surface area contributed by atoms with Gasteiger partial charge in [0.1, 0.15) is 5.75 Å². The van der Waals surface area contributed by atoms with Crippen molar-refractivity contribution in [2.45, 2.75) is 6.54 Å². The van der Waals surface area contributed by atoms with E-state index in [2.05, 4.69) is 20.5 Å². The Morgan fingerprint density at radius 1 is 1.35 bits per heavy atom. The number of aromatic amines is 1. The third kappa shape index (κ3) is 3.39. The summed E-state index contributed by atoms with van der Waals surface area (Å²) in [7, 11) is 1.62. The van der Waals surface area contributed by atoms with Gasteiger partial charge in [-0.15, -0.1) is 0 Å². The largest absolute Gasteiger partial charge is 0.497 e. The number of aromatic nitrogens is 4. The Morgan fingerprint density at radius 3 is 2.87 bits per heavy atom. The van der Waals surface area contributed by atoms with Crippen molar-refractivity contribution in [3.8, 4) is 17.0 Å². The lowest BCUT2D eigenvalue weighted by Gasteiger charge is -2.07. The molecule has 0 atom stereocenters. The summed E-state index contributed by atoms with van der Waals surface area (Å²) in [5.74, 6) is 0.601. The lowest BCUT2D eigenvalue weighted by molar-refractivity contribution is 0.0953. The lowest BCUT2D eigenvalue weighted by atomic mass is 10.1. The fourth-order valence-corrected chi connectivity index (χ4v) is 2.25. The number of H-pyrrole nitrogens is 1. The van der Waals surface area contributed by atoms with Gasteiger partial charge in [0.05, 0.1) is 30.9 Å². The number of nitrogens with zero attached hydrogens (tertiary/aromatic N) is 3. The summed E-state index contributed by atoms with van der Waals surface area (Å²) in [6.07, 6.45) is 6.81. The van der Waals surface area contributed by atoms with Crippen LogP contribution in [0, 0.1) is 0 Å². The van der Waals surface area contributed by atoms with Crippen LogP contribution in [-0.2, 0) is 6.54 Å². The van der Waals surface area contributed by atoms with Crippen molar-refractivity contribution in [2.24, 2.45) is 0 Å². The van der Waals surface area contributed by atoms with Gasteiger partial charge in [-0.25, -0.2) is 4.98 Å². The zero-order chi connectivity index (χ0) is 16.1. The monoisotopic (exact) mass is 311 g/mol. The first-order valence-electron chi connectivity index (χ1n) is 7.19. The van der Waals surface area contributed by atoms with E-state index in [1.807, 2.05) is 35.0 Å². The molecule has 0 aliphatic carbocycles. The van der Waals surface area contributed by atoms with Crippen molar-refractivity contribution in [1.82, 2.24) is 25.1 Å². The van der Waals surface area contributed by atoms with Gasteiger partial charge >= 0.3 is 0 Å². The first-order valence-corrected chi connectivity index (χ1v) is 7.19. The van der Waals surface area contributed by atoms with Crippen LogP contribution in [0.15, 0.2) is 49.2 Å². The van der Waals surface area contributed by atoms with Gasteiger partial charge in [-0.3, -0.25) is 9.89 Å². The minimum absolute atomic E-state index is 0.162. The Balaban J connectivity index is 1.68. The van der Waals surface area contributed by atoms with Crippen LogP contribution in [0.3, 0.4) is 0 Å². The van der Waals surface area contributed by atoms with E-state index in [9.17, 15) is 4.79 Å². The van der Waals surface area contributed by atoms with Crippen LogP contribution in [0.5, 0.6) is 5.75 Å². The van der Waals surface area contributed by atoms with Gasteiger partial charge in [0.25, 0.3) is 5.91 Å². The predicted octanol–water partition coefficient (Wildman–Crippen LogP) is 1.71. The number of imidazole rings is 1. The molecule has 0 unspecified atom stereocenters. The first-order chi connectivity index (χ1) is 11.3. The van der Waals surface area contributed by atoms with Crippen LogP contribution < -0.4 is 10.1 Å². The molecule has 2 heterocycles. The molecular formula is C16H17N5O2. The van der Waals surface area contributed by atoms with E-state index in [0.29, 0.717) is 24.3 Å². The SMILES string of the molecule is COc1ccc(-c2[nH]ncc2C(=O)NCCn2ccnc2)cc1. The molecule has 0 spiro atoms. The number of hydrogen-bond acceptors (Lipinski definition) is 4. The molecule has 1 aromatic carbocycles. The maximum atomic E-state index is 12.3. The molecule has 0 radical (unpaired) electrons. The van der Waals surface area contributed by atoms with Crippen molar-refractivity contribution < 1.29 is 9.53 Å². The van der Waals surface area contributed by atoms with E-state index in [1.54, 1.807) is 19.6 Å². The summed E-state index contributed by atoms with van der Waals surface area (Å²) in [6.45, 7) is 1.18. The van der Waals surface area contributed by atoms with Gasteiger partial charge in [-0.1, -0.05) is 0 Å². The Hall–Kier alpha value is -3.09. The molecule has 0 saturated carbocycles. The Labute approximate surface area is 133 Å². The standard InChI is InChI=1S/C16H17N5O2/c1-23-13-4-2-12(3-5-13)15-14(10-19-20-15)16(22)18-7-9-21-8-6-17-11-21/h2-6,8,10-11H,7,9H2,1H3,(H,18,22)(H,19,20). The van der Waals surface area contributed by atoms with Crippen molar-refractivity contribution in [3.63, 3.8) is 0 Å². The van der Waals surface area contributed by atoms with Gasteiger partial charge in [0.2, 0.25) is 0 Å². The van der Waals surface area contributed by atoms with Crippen molar-refractivity contribution in [2.75, 3.05) is 13.7 Å². The average Bonchev–Trinajstić information content (AvgIpc) is 3.26. The van der Waals surface area contributed by atoms with Crippen molar-refractivity contribution in [3.05, 3.63) is 54.7 Å². The topological polar surface area (TPSA) is 84.8 Å². The van der Waals surface area contributed by atoms with Gasteiger partial charge < -0.3 is 14.6 Å². The zero-order valence-electron chi connectivity index (χ0n) is 12.7. The highest BCUT2D eigenvalue weighted by atomic mass is 16.5. The Morgan fingerprint density at radius 2 is 2.17 bits per heavy atom. The number of hydrogen-bond donors (Lipinski definition) is 2. The van der Waals surface area contributed by atoms with Gasteiger partial charge in [-0.05, 0) is 24.3 Å². The minimum Gasteiger partial charge on any atom is -0.497 e. The normalized spacial score (nSPS) is 10.5. The molecule has 1 amide bonds. The Kier molecular flexibility index (Phi) is 4.37. The highest BCUT2D eigenvalue weighted by Crippen LogP contribution is 2.23. The number of carbonyl (C=O) groups is 1. The van der Waals surface area contributed by atoms with Crippen LogP contribution >= 0.6 is 0 Å². The third-order valence-electron chi connectivity index (χ3n) is 3.48. The first kappa shape index (κ1) is 14.8. The van der Waals surface area contributed by atoms with Crippen LogP contribution in [-0.4, -0.2) is 39.3 Å². The third-order valence-corrected chi connectivity index (χ3v) is 3.48. The fourth-order valence-electron chi connectivity index (χ4n) is 2.25.